The van der Waals surface area contributed by atoms with E-state index in [1.165, 1.54) is 6.07 Å². The van der Waals surface area contributed by atoms with Crippen molar-refractivity contribution >= 4 is 17.6 Å². The summed E-state index contributed by atoms with van der Waals surface area (Å²) in [6.45, 7) is 4.33. The number of rotatable bonds is 3. The minimum atomic E-state index is -0.985. The Morgan fingerprint density at radius 2 is 2.17 bits per heavy atom. The highest BCUT2D eigenvalue weighted by molar-refractivity contribution is 6.30. The van der Waals surface area contributed by atoms with Crippen LogP contribution in [0.4, 0.5) is 0 Å². The Bertz CT molecular complexity index is 613. The van der Waals surface area contributed by atoms with E-state index in [1.807, 2.05) is 20.9 Å². The van der Waals surface area contributed by atoms with Gasteiger partial charge < -0.3 is 9.67 Å². The van der Waals surface area contributed by atoms with Crippen LogP contribution in [0.25, 0.3) is 0 Å². The number of halogens is 1. The van der Waals surface area contributed by atoms with Gasteiger partial charge in [0.05, 0.1) is 17.3 Å². The van der Waals surface area contributed by atoms with Gasteiger partial charge in [0, 0.05) is 24.5 Å². The van der Waals surface area contributed by atoms with Crippen molar-refractivity contribution in [2.24, 2.45) is 7.05 Å². The molecule has 2 aromatic heterocycles. The zero-order valence-electron chi connectivity index (χ0n) is 10.4. The molecule has 0 radical (unpaired) electrons. The first-order valence-electron chi connectivity index (χ1n) is 5.48. The van der Waals surface area contributed by atoms with Crippen molar-refractivity contribution in [2.45, 2.75) is 20.4 Å². The number of hydrogen-bond acceptors (Lipinski definition) is 2. The summed E-state index contributed by atoms with van der Waals surface area (Å²) in [5.41, 5.74) is 3.12. The summed E-state index contributed by atoms with van der Waals surface area (Å²) in [6.07, 6.45) is 1.62. The number of aromatic carboxylic acids is 1. The number of carboxylic acids is 1. The molecule has 0 amide bonds. The maximum absolute atomic E-state index is 11.1. The molecule has 0 saturated heterocycles. The molecule has 0 bridgehead atoms. The molecule has 2 aromatic rings. The van der Waals surface area contributed by atoms with Gasteiger partial charge in [-0.2, -0.15) is 5.10 Å². The second-order valence-electron chi connectivity index (χ2n) is 4.25. The van der Waals surface area contributed by atoms with Crippen molar-refractivity contribution in [1.29, 1.82) is 0 Å². The highest BCUT2D eigenvalue weighted by Gasteiger charge is 2.15. The fraction of sp³-hybridized carbons (Fsp3) is 0.333. The van der Waals surface area contributed by atoms with Crippen LogP contribution in [-0.2, 0) is 13.6 Å². The summed E-state index contributed by atoms with van der Waals surface area (Å²) in [4.78, 5) is 11.1. The number of nitrogens with zero attached hydrogens (tertiary/aromatic N) is 3. The van der Waals surface area contributed by atoms with Crippen molar-refractivity contribution in [3.8, 4) is 0 Å². The number of carboxylic acid groups (broad SMARTS) is 1. The van der Waals surface area contributed by atoms with Gasteiger partial charge in [-0.3, -0.25) is 4.68 Å². The van der Waals surface area contributed by atoms with E-state index in [0.29, 0.717) is 11.6 Å². The third-order valence-corrected chi connectivity index (χ3v) is 3.28. The van der Waals surface area contributed by atoms with Crippen molar-refractivity contribution in [2.75, 3.05) is 0 Å². The average Bonchev–Trinajstić information content (AvgIpc) is 2.75. The van der Waals surface area contributed by atoms with Gasteiger partial charge in [-0.05, 0) is 19.9 Å². The van der Waals surface area contributed by atoms with E-state index >= 15 is 0 Å². The third kappa shape index (κ3) is 2.13. The molecule has 18 heavy (non-hydrogen) atoms. The van der Waals surface area contributed by atoms with Crippen molar-refractivity contribution in [1.82, 2.24) is 14.3 Å². The standard InChI is InChI=1S/C12H14ClN3O2/c1-7-10(8(2)15(3)14-7)6-16-5-9(13)4-11(16)12(17)18/h4-5H,6H2,1-3H3,(H,17,18). The maximum atomic E-state index is 11.1. The van der Waals surface area contributed by atoms with Gasteiger partial charge in [-0.1, -0.05) is 11.6 Å². The van der Waals surface area contributed by atoms with E-state index in [-0.39, 0.29) is 5.69 Å². The first-order chi connectivity index (χ1) is 8.40. The van der Waals surface area contributed by atoms with Crippen molar-refractivity contribution in [3.05, 3.63) is 39.9 Å². The molecule has 0 atom stereocenters. The zero-order valence-corrected chi connectivity index (χ0v) is 11.2. The van der Waals surface area contributed by atoms with Gasteiger partial charge in [0.1, 0.15) is 5.69 Å². The van der Waals surface area contributed by atoms with Crippen LogP contribution in [0.2, 0.25) is 5.02 Å². The van der Waals surface area contributed by atoms with E-state index in [2.05, 4.69) is 5.10 Å². The molecule has 0 aliphatic carbocycles. The summed E-state index contributed by atoms with van der Waals surface area (Å²) in [5, 5.41) is 13.8. The molecule has 2 rings (SSSR count). The smallest absolute Gasteiger partial charge is 0.352 e. The molecule has 0 aliphatic heterocycles. The lowest BCUT2D eigenvalue weighted by molar-refractivity contribution is 0.0685. The largest absolute Gasteiger partial charge is 0.477 e. The molecule has 0 unspecified atom stereocenters. The van der Waals surface area contributed by atoms with Gasteiger partial charge in [0.15, 0.2) is 0 Å². The van der Waals surface area contributed by atoms with Crippen LogP contribution in [0.15, 0.2) is 12.3 Å². The van der Waals surface area contributed by atoms with E-state index in [0.717, 1.165) is 17.0 Å². The molecule has 0 aromatic carbocycles. The van der Waals surface area contributed by atoms with Crippen LogP contribution < -0.4 is 0 Å². The van der Waals surface area contributed by atoms with Gasteiger partial charge in [0.25, 0.3) is 0 Å². The fourth-order valence-corrected chi connectivity index (χ4v) is 2.22. The molecule has 5 nitrogen and oxygen atoms in total. The minimum absolute atomic E-state index is 0.183. The summed E-state index contributed by atoms with van der Waals surface area (Å²) in [5.74, 6) is -0.985. The normalized spacial score (nSPS) is 10.9. The molecule has 0 saturated carbocycles. The van der Waals surface area contributed by atoms with E-state index in [4.69, 9.17) is 16.7 Å². The van der Waals surface area contributed by atoms with Crippen LogP contribution in [0.1, 0.15) is 27.4 Å². The lowest BCUT2D eigenvalue weighted by Gasteiger charge is -2.06. The lowest BCUT2D eigenvalue weighted by atomic mass is 10.2. The second-order valence-corrected chi connectivity index (χ2v) is 4.69. The molecule has 0 fully saturated rings. The Hall–Kier alpha value is -1.75. The molecular formula is C12H14ClN3O2. The molecule has 0 aliphatic rings. The monoisotopic (exact) mass is 267 g/mol. The summed E-state index contributed by atoms with van der Waals surface area (Å²) in [6, 6.07) is 1.45. The summed E-state index contributed by atoms with van der Waals surface area (Å²) in [7, 11) is 1.87. The summed E-state index contributed by atoms with van der Waals surface area (Å²) < 4.78 is 3.41. The lowest BCUT2D eigenvalue weighted by Crippen LogP contribution is -2.09. The van der Waals surface area contributed by atoms with E-state index in [9.17, 15) is 4.79 Å². The average molecular weight is 268 g/mol. The number of hydrogen-bond donors (Lipinski definition) is 1. The van der Waals surface area contributed by atoms with E-state index < -0.39 is 5.97 Å². The fourth-order valence-electron chi connectivity index (χ4n) is 2.00. The van der Waals surface area contributed by atoms with Crippen LogP contribution in [-0.4, -0.2) is 25.4 Å². The van der Waals surface area contributed by atoms with Crippen LogP contribution in [0.3, 0.4) is 0 Å². The Kier molecular flexibility index (Phi) is 3.17. The first kappa shape index (κ1) is 12.7. The molecule has 1 N–H and O–H groups in total. The third-order valence-electron chi connectivity index (χ3n) is 3.07. The van der Waals surface area contributed by atoms with Crippen molar-refractivity contribution < 1.29 is 9.90 Å². The molecule has 0 spiro atoms. The molecular weight excluding hydrogens is 254 g/mol. The first-order valence-corrected chi connectivity index (χ1v) is 5.86. The highest BCUT2D eigenvalue weighted by Crippen LogP contribution is 2.19. The number of aromatic nitrogens is 3. The van der Waals surface area contributed by atoms with Gasteiger partial charge in [-0.25, -0.2) is 4.79 Å². The van der Waals surface area contributed by atoms with Crippen LogP contribution in [0, 0.1) is 13.8 Å². The van der Waals surface area contributed by atoms with Gasteiger partial charge in [0.2, 0.25) is 0 Å². The Balaban J connectivity index is 2.43. The molecule has 6 heteroatoms. The topological polar surface area (TPSA) is 60.0 Å². The predicted molar refractivity (Wildman–Crippen MR) is 68.2 cm³/mol. The Labute approximate surface area is 110 Å². The van der Waals surface area contributed by atoms with Crippen molar-refractivity contribution in [3.63, 3.8) is 0 Å². The summed E-state index contributed by atoms with van der Waals surface area (Å²) >= 11 is 5.86. The predicted octanol–water partition coefficient (Wildman–Crippen LogP) is 2.24. The van der Waals surface area contributed by atoms with Gasteiger partial charge in [-0.15, -0.1) is 0 Å². The Morgan fingerprint density at radius 1 is 1.50 bits per heavy atom. The minimum Gasteiger partial charge on any atom is -0.477 e. The second kappa shape index (κ2) is 4.49. The van der Waals surface area contributed by atoms with Crippen LogP contribution >= 0.6 is 11.6 Å². The van der Waals surface area contributed by atoms with Gasteiger partial charge >= 0.3 is 5.97 Å². The maximum Gasteiger partial charge on any atom is 0.352 e. The van der Waals surface area contributed by atoms with Crippen LogP contribution in [0.5, 0.6) is 0 Å². The number of carbonyl (C=O) groups is 1. The van der Waals surface area contributed by atoms with E-state index in [1.54, 1.807) is 15.4 Å². The molecule has 96 valence electrons. The molecule has 2 heterocycles. The highest BCUT2D eigenvalue weighted by atomic mass is 35.5. The number of aryl methyl sites for hydroxylation is 2. The SMILES string of the molecule is Cc1nn(C)c(C)c1Cn1cc(Cl)cc1C(=O)O. The zero-order chi connectivity index (χ0) is 13.4. The quantitative estimate of drug-likeness (QED) is 0.928. The Morgan fingerprint density at radius 3 is 2.67 bits per heavy atom.